The molecule has 0 aromatic heterocycles. The smallest absolute Gasteiger partial charge is 0.244 e. The summed E-state index contributed by atoms with van der Waals surface area (Å²) in [6.45, 7) is 4.11. The van der Waals surface area contributed by atoms with E-state index in [2.05, 4.69) is 5.32 Å². The number of nitrogens with two attached hydrogens (primary N) is 1. The summed E-state index contributed by atoms with van der Waals surface area (Å²) in [6.07, 6.45) is 1.92. The molecule has 0 aromatic carbocycles. The molecule has 9 heteroatoms. The van der Waals surface area contributed by atoms with Crippen LogP contribution in [-0.4, -0.2) is 34.7 Å². The number of hydrogen-bond donors (Lipinski definition) is 2. The van der Waals surface area contributed by atoms with E-state index in [1.165, 1.54) is 6.08 Å². The zero-order valence-electron chi connectivity index (χ0n) is 10.6. The molecule has 0 spiro atoms. The largest absolute Gasteiger partial charge is 0.307 e. The Morgan fingerprint density at radius 2 is 2.16 bits per heavy atom. The summed E-state index contributed by atoms with van der Waals surface area (Å²) >= 11 is 0.749. The monoisotopic (exact) mass is 324 g/mol. The molecule has 0 saturated carbocycles. The Morgan fingerprint density at radius 1 is 1.53 bits per heavy atom. The highest BCUT2D eigenvalue weighted by molar-refractivity contribution is 8.27. The molecule has 0 unspecified atom stereocenters. The lowest BCUT2D eigenvalue weighted by molar-refractivity contribution is 0.593. The number of sulfonamides is 1. The average Bonchev–Trinajstić information content (AvgIpc) is 2.51. The van der Waals surface area contributed by atoms with Crippen LogP contribution in [0.1, 0.15) is 20.3 Å². The summed E-state index contributed by atoms with van der Waals surface area (Å²) in [6, 6.07) is -0.380. The molecule has 19 heavy (non-hydrogen) atoms. The first-order valence-corrected chi connectivity index (χ1v) is 9.71. The van der Waals surface area contributed by atoms with Crippen molar-refractivity contribution in [2.45, 2.75) is 31.6 Å². The third kappa shape index (κ3) is 2.62. The van der Waals surface area contributed by atoms with Gasteiger partial charge in [0.25, 0.3) is 0 Å². The Balaban J connectivity index is 2.51. The molecule has 0 saturated heterocycles. The molecule has 0 bridgehead atoms. The number of primary sulfonamides is 1. The fourth-order valence-corrected chi connectivity index (χ4v) is 6.66. The molecule has 2 heterocycles. The van der Waals surface area contributed by atoms with Gasteiger partial charge in [0.1, 0.15) is 8.47 Å². The van der Waals surface area contributed by atoms with Crippen molar-refractivity contribution >= 4 is 31.6 Å². The second-order valence-corrected chi connectivity index (χ2v) is 9.94. The van der Waals surface area contributed by atoms with E-state index >= 15 is 0 Å². The molecule has 6 nitrogen and oxygen atoms in total. The maximum Gasteiger partial charge on any atom is 0.244 e. The van der Waals surface area contributed by atoms with Crippen LogP contribution in [0, 0.1) is 0 Å². The molecule has 0 aromatic rings. The Labute approximate surface area is 117 Å². The number of hydrogen-bond acceptors (Lipinski definition) is 6. The van der Waals surface area contributed by atoms with Gasteiger partial charge in [-0.15, -0.1) is 0 Å². The highest BCUT2D eigenvalue weighted by atomic mass is 32.3. The van der Waals surface area contributed by atoms with Crippen LogP contribution in [0.4, 0.5) is 0 Å². The van der Waals surface area contributed by atoms with E-state index in [0.29, 0.717) is 13.0 Å². The predicted octanol–water partition coefficient (Wildman–Crippen LogP) is 0.260. The van der Waals surface area contributed by atoms with E-state index in [-0.39, 0.29) is 14.5 Å². The molecule has 0 radical (unpaired) electrons. The molecule has 2 atom stereocenters. The normalized spacial score (nSPS) is 30.2. The number of nitrogens with one attached hydrogen (secondary N) is 1. The van der Waals surface area contributed by atoms with Gasteiger partial charge in [-0.25, -0.2) is 22.0 Å². The minimum absolute atomic E-state index is 0.102. The summed E-state index contributed by atoms with van der Waals surface area (Å²) in [5.74, 6) is 0. The van der Waals surface area contributed by atoms with E-state index in [9.17, 15) is 16.8 Å². The molecule has 3 N–H and O–H groups in total. The van der Waals surface area contributed by atoms with E-state index in [4.69, 9.17) is 5.14 Å². The zero-order valence-corrected chi connectivity index (χ0v) is 13.0. The average molecular weight is 324 g/mol. The second-order valence-electron chi connectivity index (χ2n) is 4.54. The second kappa shape index (κ2) is 4.88. The van der Waals surface area contributed by atoms with E-state index < -0.39 is 25.1 Å². The van der Waals surface area contributed by atoms with Gasteiger partial charge < -0.3 is 5.32 Å². The van der Waals surface area contributed by atoms with Crippen LogP contribution in [-0.2, 0) is 19.9 Å². The van der Waals surface area contributed by atoms with Crippen LogP contribution in [0.2, 0.25) is 0 Å². The van der Waals surface area contributed by atoms with Crippen molar-refractivity contribution in [3.05, 3.63) is 20.1 Å². The van der Waals surface area contributed by atoms with Crippen molar-refractivity contribution < 1.29 is 16.8 Å². The number of thioether (sulfide) groups is 1. The van der Waals surface area contributed by atoms with Gasteiger partial charge in [-0.3, -0.25) is 0 Å². The van der Waals surface area contributed by atoms with Crippen molar-refractivity contribution in [2.75, 3.05) is 6.54 Å². The molecule has 2 aliphatic rings. The van der Waals surface area contributed by atoms with Crippen LogP contribution in [0.25, 0.3) is 0 Å². The van der Waals surface area contributed by atoms with E-state index in [1.807, 2.05) is 6.92 Å². The number of likely N-dealkylation sites (N-methyl/N-ethyl adjacent to an activating group) is 1. The predicted molar refractivity (Wildman–Crippen MR) is 76.3 cm³/mol. The summed E-state index contributed by atoms with van der Waals surface area (Å²) < 4.78 is 47.3. The maximum atomic E-state index is 12.2. The number of rotatable bonds is 3. The molecule has 2 rings (SSSR count). The van der Waals surface area contributed by atoms with Crippen molar-refractivity contribution in [2.24, 2.45) is 5.14 Å². The molecular formula is C10H16N2O4S3. The molecule has 0 fully saturated rings. The summed E-state index contributed by atoms with van der Waals surface area (Å²) in [4.78, 5) is 0. The Hall–Kier alpha value is -0.350. The molecule has 0 amide bonds. The topological polar surface area (TPSA) is 106 Å². The van der Waals surface area contributed by atoms with Gasteiger partial charge in [-0.2, -0.15) is 0 Å². The first kappa shape index (κ1) is 15.0. The van der Waals surface area contributed by atoms with Crippen molar-refractivity contribution in [1.82, 2.24) is 5.32 Å². The lowest BCUT2D eigenvalue weighted by atomic mass is 10.0. The Bertz CT molecular complexity index is 661. The zero-order chi connectivity index (χ0) is 14.4. The quantitative estimate of drug-likeness (QED) is 0.771. The van der Waals surface area contributed by atoms with Gasteiger partial charge in [0.2, 0.25) is 10.0 Å². The minimum atomic E-state index is -3.90. The van der Waals surface area contributed by atoms with Crippen LogP contribution in [0.5, 0.6) is 0 Å². The van der Waals surface area contributed by atoms with Gasteiger partial charge in [-0.1, -0.05) is 18.7 Å². The lowest BCUT2D eigenvalue weighted by Gasteiger charge is -2.22. The van der Waals surface area contributed by atoms with Gasteiger partial charge in [0.15, 0.2) is 9.84 Å². The standard InChI is InChI=1S/C10H16N2O4S3/c1-3-12-8-5-9(19(11,15)16)17-10-7(8)4-6(2)18(10,13)14/h5-6,8,12H,3-4H2,1-2H3,(H2,11,15,16)/t6-,8-/m0/s1. The minimum Gasteiger partial charge on any atom is -0.307 e. The van der Waals surface area contributed by atoms with Gasteiger partial charge in [0, 0.05) is 0 Å². The van der Waals surface area contributed by atoms with Crippen LogP contribution in [0.15, 0.2) is 20.1 Å². The summed E-state index contributed by atoms with van der Waals surface area (Å²) in [7, 11) is -7.33. The third-order valence-electron chi connectivity index (χ3n) is 3.13. The highest BCUT2D eigenvalue weighted by Crippen LogP contribution is 2.47. The van der Waals surface area contributed by atoms with Crippen LogP contribution < -0.4 is 10.5 Å². The fourth-order valence-electron chi connectivity index (χ4n) is 2.16. The highest BCUT2D eigenvalue weighted by Gasteiger charge is 2.43. The fraction of sp³-hybridized carbons (Fsp3) is 0.600. The van der Waals surface area contributed by atoms with Crippen molar-refractivity contribution in [3.8, 4) is 0 Å². The van der Waals surface area contributed by atoms with Crippen molar-refractivity contribution in [1.29, 1.82) is 0 Å². The van der Waals surface area contributed by atoms with Gasteiger partial charge >= 0.3 is 0 Å². The van der Waals surface area contributed by atoms with E-state index in [1.54, 1.807) is 6.92 Å². The SMILES string of the molecule is CCN[C@H]1C=C(S(N)(=O)=O)SC2=C1C[C@H](C)S2(=O)=O. The Kier molecular flexibility index (Phi) is 3.87. The first-order valence-electron chi connectivity index (χ1n) is 5.80. The number of sulfone groups is 1. The van der Waals surface area contributed by atoms with Crippen LogP contribution >= 0.6 is 11.8 Å². The third-order valence-corrected chi connectivity index (χ3v) is 8.51. The van der Waals surface area contributed by atoms with Gasteiger partial charge in [-0.05, 0) is 31.5 Å². The maximum absolute atomic E-state index is 12.2. The van der Waals surface area contributed by atoms with E-state index in [0.717, 1.165) is 17.3 Å². The van der Waals surface area contributed by atoms with Crippen molar-refractivity contribution in [3.63, 3.8) is 0 Å². The lowest BCUT2D eigenvalue weighted by Crippen LogP contribution is -2.32. The summed E-state index contributed by atoms with van der Waals surface area (Å²) in [5.41, 5.74) is 0.742. The van der Waals surface area contributed by atoms with Crippen LogP contribution in [0.3, 0.4) is 0 Å². The molecular weight excluding hydrogens is 308 g/mol. The van der Waals surface area contributed by atoms with Gasteiger partial charge in [0.05, 0.1) is 11.3 Å². The molecule has 108 valence electrons. The first-order chi connectivity index (χ1) is 8.67. The Morgan fingerprint density at radius 3 is 2.68 bits per heavy atom. The molecule has 0 aliphatic carbocycles. The molecule has 2 aliphatic heterocycles. The summed E-state index contributed by atoms with van der Waals surface area (Å²) in [5, 5.41) is 7.68.